The van der Waals surface area contributed by atoms with Crippen molar-refractivity contribution < 1.29 is 4.74 Å². The molecule has 1 aromatic carbocycles. The smallest absolute Gasteiger partial charge is 0.0480 e. The van der Waals surface area contributed by atoms with Crippen molar-refractivity contribution in [3.63, 3.8) is 0 Å². The zero-order chi connectivity index (χ0) is 14.1. The van der Waals surface area contributed by atoms with Crippen molar-refractivity contribution in [1.29, 1.82) is 0 Å². The van der Waals surface area contributed by atoms with Gasteiger partial charge in [-0.3, -0.25) is 0 Å². The highest BCUT2D eigenvalue weighted by molar-refractivity contribution is 5.25. The van der Waals surface area contributed by atoms with Crippen molar-refractivity contribution in [1.82, 2.24) is 5.32 Å². The van der Waals surface area contributed by atoms with Gasteiger partial charge in [0.05, 0.1) is 0 Å². The number of likely N-dealkylation sites (N-methyl/N-ethyl adjacent to an activating group) is 1. The lowest BCUT2D eigenvalue weighted by molar-refractivity contribution is 0.136. The number of hydrogen-bond donors (Lipinski definition) is 1. The summed E-state index contributed by atoms with van der Waals surface area (Å²) < 4.78 is 5.46. The Hall–Kier alpha value is -0.860. The van der Waals surface area contributed by atoms with Gasteiger partial charge in [-0.05, 0) is 43.4 Å². The summed E-state index contributed by atoms with van der Waals surface area (Å²) in [6, 6.07) is 9.55. The van der Waals surface area contributed by atoms with Crippen LogP contribution in [0.15, 0.2) is 24.3 Å². The zero-order valence-electron chi connectivity index (χ0n) is 12.9. The minimum atomic E-state index is 0.515. The molecule has 1 rings (SSSR count). The number of rotatable bonds is 9. The molecular weight excluding hydrogens is 234 g/mol. The second-order valence-electron chi connectivity index (χ2n) is 5.34. The van der Waals surface area contributed by atoms with Gasteiger partial charge in [0.2, 0.25) is 0 Å². The fraction of sp³-hybridized carbons (Fsp3) is 0.647. The van der Waals surface area contributed by atoms with Crippen LogP contribution in [0.5, 0.6) is 0 Å². The standard InChI is InChI=1S/C17H29NO/c1-5-18-17(11-12-19-6-2)13-15-7-9-16(10-8-15)14(3)4/h7-10,14,17-18H,5-6,11-13H2,1-4H3. The van der Waals surface area contributed by atoms with Crippen molar-refractivity contribution in [3.8, 4) is 0 Å². The maximum atomic E-state index is 5.46. The van der Waals surface area contributed by atoms with Gasteiger partial charge in [0.25, 0.3) is 0 Å². The molecule has 0 aliphatic heterocycles. The van der Waals surface area contributed by atoms with Gasteiger partial charge in [0.15, 0.2) is 0 Å². The maximum Gasteiger partial charge on any atom is 0.0480 e. The fourth-order valence-corrected chi connectivity index (χ4v) is 2.26. The van der Waals surface area contributed by atoms with Crippen LogP contribution < -0.4 is 5.32 Å². The molecule has 0 saturated carbocycles. The molecule has 0 aliphatic rings. The van der Waals surface area contributed by atoms with E-state index in [-0.39, 0.29) is 0 Å². The molecule has 0 aromatic heterocycles. The van der Waals surface area contributed by atoms with Crippen LogP contribution in [0, 0.1) is 0 Å². The van der Waals surface area contributed by atoms with Crippen LogP contribution in [0.4, 0.5) is 0 Å². The van der Waals surface area contributed by atoms with E-state index in [1.165, 1.54) is 11.1 Å². The highest BCUT2D eigenvalue weighted by Crippen LogP contribution is 2.16. The summed E-state index contributed by atoms with van der Waals surface area (Å²) in [7, 11) is 0. The van der Waals surface area contributed by atoms with Crippen molar-refractivity contribution in [2.24, 2.45) is 0 Å². The molecule has 0 amide bonds. The Morgan fingerprint density at radius 3 is 2.32 bits per heavy atom. The van der Waals surface area contributed by atoms with Crippen LogP contribution in [-0.4, -0.2) is 25.8 Å². The van der Waals surface area contributed by atoms with Crippen molar-refractivity contribution in [2.45, 2.75) is 52.5 Å². The Kier molecular flexibility index (Phi) is 7.76. The molecule has 1 atom stereocenters. The first kappa shape index (κ1) is 16.2. The quantitative estimate of drug-likeness (QED) is 0.685. The molecule has 1 aromatic rings. The Morgan fingerprint density at radius 1 is 1.11 bits per heavy atom. The van der Waals surface area contributed by atoms with Crippen LogP contribution in [0.25, 0.3) is 0 Å². The highest BCUT2D eigenvalue weighted by atomic mass is 16.5. The van der Waals surface area contributed by atoms with Gasteiger partial charge in [0.1, 0.15) is 0 Å². The fourth-order valence-electron chi connectivity index (χ4n) is 2.26. The molecule has 1 unspecified atom stereocenters. The number of benzene rings is 1. The molecule has 0 heterocycles. The number of nitrogens with one attached hydrogen (secondary N) is 1. The Balaban J connectivity index is 2.52. The van der Waals surface area contributed by atoms with Gasteiger partial charge in [-0.1, -0.05) is 45.0 Å². The van der Waals surface area contributed by atoms with Crippen LogP contribution in [0.3, 0.4) is 0 Å². The minimum absolute atomic E-state index is 0.515. The van der Waals surface area contributed by atoms with Gasteiger partial charge >= 0.3 is 0 Å². The normalized spacial score (nSPS) is 12.9. The molecule has 1 N–H and O–H groups in total. The molecule has 0 spiro atoms. The van der Waals surface area contributed by atoms with Gasteiger partial charge in [-0.2, -0.15) is 0 Å². The summed E-state index contributed by atoms with van der Waals surface area (Å²) in [4.78, 5) is 0. The lowest BCUT2D eigenvalue weighted by atomic mass is 9.98. The third kappa shape index (κ3) is 6.22. The Morgan fingerprint density at radius 2 is 1.79 bits per heavy atom. The van der Waals surface area contributed by atoms with E-state index in [1.54, 1.807) is 0 Å². The third-order valence-electron chi connectivity index (χ3n) is 3.44. The van der Waals surface area contributed by atoms with Crippen molar-refractivity contribution in [2.75, 3.05) is 19.8 Å². The molecular formula is C17H29NO. The highest BCUT2D eigenvalue weighted by Gasteiger charge is 2.08. The van der Waals surface area contributed by atoms with E-state index in [0.29, 0.717) is 12.0 Å². The van der Waals surface area contributed by atoms with Gasteiger partial charge < -0.3 is 10.1 Å². The van der Waals surface area contributed by atoms with Crippen molar-refractivity contribution >= 4 is 0 Å². The summed E-state index contributed by atoms with van der Waals surface area (Å²) in [5.41, 5.74) is 2.82. The molecule has 2 nitrogen and oxygen atoms in total. The Bertz CT molecular complexity index is 332. The van der Waals surface area contributed by atoms with E-state index >= 15 is 0 Å². The summed E-state index contributed by atoms with van der Waals surface area (Å²) in [5, 5.41) is 3.55. The molecule has 108 valence electrons. The van der Waals surface area contributed by atoms with Gasteiger partial charge in [-0.25, -0.2) is 0 Å². The lowest BCUT2D eigenvalue weighted by Gasteiger charge is -2.18. The first-order valence-electron chi connectivity index (χ1n) is 7.57. The lowest BCUT2D eigenvalue weighted by Crippen LogP contribution is -2.32. The summed E-state index contributed by atoms with van der Waals surface area (Å²) >= 11 is 0. The number of hydrogen-bond acceptors (Lipinski definition) is 2. The number of ether oxygens (including phenoxy) is 1. The van der Waals surface area contributed by atoms with E-state index < -0.39 is 0 Å². The van der Waals surface area contributed by atoms with E-state index in [9.17, 15) is 0 Å². The predicted octanol–water partition coefficient (Wildman–Crippen LogP) is 3.76. The molecule has 0 bridgehead atoms. The van der Waals surface area contributed by atoms with Gasteiger partial charge in [-0.15, -0.1) is 0 Å². The van der Waals surface area contributed by atoms with E-state index in [1.807, 2.05) is 6.92 Å². The third-order valence-corrected chi connectivity index (χ3v) is 3.44. The van der Waals surface area contributed by atoms with E-state index in [4.69, 9.17) is 4.74 Å². The molecule has 2 heteroatoms. The van der Waals surface area contributed by atoms with E-state index in [2.05, 4.69) is 50.4 Å². The van der Waals surface area contributed by atoms with Gasteiger partial charge in [0, 0.05) is 19.3 Å². The monoisotopic (exact) mass is 263 g/mol. The molecule has 0 aliphatic carbocycles. The second-order valence-corrected chi connectivity index (χ2v) is 5.34. The second kappa shape index (κ2) is 9.11. The predicted molar refractivity (Wildman–Crippen MR) is 82.8 cm³/mol. The van der Waals surface area contributed by atoms with E-state index in [0.717, 1.165) is 32.6 Å². The van der Waals surface area contributed by atoms with Crippen LogP contribution in [0.1, 0.15) is 51.2 Å². The van der Waals surface area contributed by atoms with Crippen LogP contribution in [-0.2, 0) is 11.2 Å². The molecule has 0 radical (unpaired) electrons. The molecule has 0 fully saturated rings. The maximum absolute atomic E-state index is 5.46. The Labute approximate surface area is 118 Å². The average Bonchev–Trinajstić information content (AvgIpc) is 2.40. The SMILES string of the molecule is CCNC(CCOCC)Cc1ccc(C(C)C)cc1. The summed E-state index contributed by atoms with van der Waals surface area (Å²) in [6.07, 6.45) is 2.16. The average molecular weight is 263 g/mol. The minimum Gasteiger partial charge on any atom is -0.382 e. The van der Waals surface area contributed by atoms with Crippen LogP contribution >= 0.6 is 0 Å². The van der Waals surface area contributed by atoms with Crippen LogP contribution in [0.2, 0.25) is 0 Å². The molecule has 19 heavy (non-hydrogen) atoms. The first-order chi connectivity index (χ1) is 9.17. The molecule has 0 saturated heterocycles. The summed E-state index contributed by atoms with van der Waals surface area (Å²) in [6.45, 7) is 11.3. The summed E-state index contributed by atoms with van der Waals surface area (Å²) in [5.74, 6) is 0.608. The zero-order valence-corrected chi connectivity index (χ0v) is 12.9. The topological polar surface area (TPSA) is 21.3 Å². The first-order valence-corrected chi connectivity index (χ1v) is 7.57. The van der Waals surface area contributed by atoms with Crippen molar-refractivity contribution in [3.05, 3.63) is 35.4 Å². The largest absolute Gasteiger partial charge is 0.382 e.